The molecule has 1 amide bonds. The van der Waals surface area contributed by atoms with Crippen molar-refractivity contribution in [2.45, 2.75) is 19.1 Å². The molecule has 0 saturated heterocycles. The summed E-state index contributed by atoms with van der Waals surface area (Å²) in [5, 5.41) is 0. The number of halogens is 3. The molecule has 152 valence electrons. The average molecular weight is 406 g/mol. The Bertz CT molecular complexity index is 1120. The number of fused-ring (bicyclic) bond motifs is 1. The third kappa shape index (κ3) is 4.65. The van der Waals surface area contributed by atoms with Gasteiger partial charge < -0.3 is 20.0 Å². The molecule has 0 unspecified atom stereocenters. The van der Waals surface area contributed by atoms with Crippen LogP contribution in [0.4, 0.5) is 18.9 Å². The first-order chi connectivity index (χ1) is 13.8. The maximum absolute atomic E-state index is 12.9. The number of benzene rings is 2. The zero-order valence-electron chi connectivity index (χ0n) is 15.1. The topological polar surface area (TPSA) is 102 Å². The molecule has 0 aliphatic rings. The van der Waals surface area contributed by atoms with Gasteiger partial charge in [-0.05, 0) is 42.8 Å². The molecule has 29 heavy (non-hydrogen) atoms. The van der Waals surface area contributed by atoms with Crippen LogP contribution in [0.25, 0.3) is 11.0 Å². The summed E-state index contributed by atoms with van der Waals surface area (Å²) in [6, 6.07) is 9.13. The first kappa shape index (κ1) is 20.2. The SMILES string of the molecule is Nc1ccc2c(c1)[nH]/c(=N\C(=O)c1cccc(C(F)(F)F)c1)n2CCCOC=O. The van der Waals surface area contributed by atoms with Crippen molar-refractivity contribution in [2.24, 2.45) is 4.99 Å². The summed E-state index contributed by atoms with van der Waals surface area (Å²) in [7, 11) is 0. The largest absolute Gasteiger partial charge is 0.468 e. The number of aromatic amines is 1. The number of aromatic nitrogens is 2. The molecule has 0 atom stereocenters. The summed E-state index contributed by atoms with van der Waals surface area (Å²) in [4.78, 5) is 29.7. The van der Waals surface area contributed by atoms with Crippen LogP contribution < -0.4 is 11.4 Å². The number of nitrogens with zero attached hydrogens (tertiary/aromatic N) is 2. The summed E-state index contributed by atoms with van der Waals surface area (Å²) in [6.07, 6.45) is -4.12. The van der Waals surface area contributed by atoms with Gasteiger partial charge in [0.2, 0.25) is 5.62 Å². The predicted molar refractivity (Wildman–Crippen MR) is 98.7 cm³/mol. The number of H-pyrrole nitrogens is 1. The number of nitrogen functional groups attached to an aromatic ring is 1. The Hall–Kier alpha value is -3.56. The van der Waals surface area contributed by atoms with Gasteiger partial charge in [-0.15, -0.1) is 0 Å². The molecule has 0 spiro atoms. The Morgan fingerprint density at radius 1 is 1.24 bits per heavy atom. The number of aryl methyl sites for hydroxylation is 1. The lowest BCUT2D eigenvalue weighted by molar-refractivity contribution is -0.137. The van der Waals surface area contributed by atoms with E-state index in [-0.39, 0.29) is 17.8 Å². The fourth-order valence-corrected chi connectivity index (χ4v) is 2.85. The molecule has 3 N–H and O–H groups in total. The van der Waals surface area contributed by atoms with Gasteiger partial charge in [0.1, 0.15) is 0 Å². The zero-order valence-corrected chi connectivity index (χ0v) is 15.1. The Labute approximate surface area is 162 Å². The molecule has 1 aromatic heterocycles. The fourth-order valence-electron chi connectivity index (χ4n) is 2.85. The number of imidazole rings is 1. The van der Waals surface area contributed by atoms with E-state index in [4.69, 9.17) is 5.73 Å². The molecular weight excluding hydrogens is 389 g/mol. The summed E-state index contributed by atoms with van der Waals surface area (Å²) >= 11 is 0. The Kier molecular flexibility index (Phi) is 5.71. The van der Waals surface area contributed by atoms with E-state index in [1.165, 1.54) is 6.07 Å². The van der Waals surface area contributed by atoms with E-state index in [0.29, 0.717) is 36.2 Å². The van der Waals surface area contributed by atoms with Crippen LogP contribution in [0.15, 0.2) is 47.5 Å². The van der Waals surface area contributed by atoms with Crippen molar-refractivity contribution >= 4 is 29.1 Å². The Morgan fingerprint density at radius 2 is 2.03 bits per heavy atom. The summed E-state index contributed by atoms with van der Waals surface area (Å²) in [5.41, 5.74) is 6.61. The van der Waals surface area contributed by atoms with Crippen molar-refractivity contribution in [3.63, 3.8) is 0 Å². The van der Waals surface area contributed by atoms with Crippen molar-refractivity contribution in [1.82, 2.24) is 9.55 Å². The van der Waals surface area contributed by atoms with E-state index in [0.717, 1.165) is 18.2 Å². The summed E-state index contributed by atoms with van der Waals surface area (Å²) in [6.45, 7) is 0.856. The van der Waals surface area contributed by atoms with Gasteiger partial charge in [0.25, 0.3) is 12.4 Å². The Balaban J connectivity index is 2.02. The normalized spacial score (nSPS) is 12.3. The number of ether oxygens (including phenoxy) is 1. The lowest BCUT2D eigenvalue weighted by atomic mass is 10.1. The molecule has 0 fully saturated rings. The quantitative estimate of drug-likeness (QED) is 0.373. The van der Waals surface area contributed by atoms with Crippen LogP contribution in [0, 0.1) is 0 Å². The summed E-state index contributed by atoms with van der Waals surface area (Å²) in [5.74, 6) is -0.825. The second-order valence-corrected chi connectivity index (χ2v) is 6.19. The fraction of sp³-hybridized carbons (Fsp3) is 0.211. The van der Waals surface area contributed by atoms with E-state index < -0.39 is 17.6 Å². The van der Waals surface area contributed by atoms with Crippen molar-refractivity contribution in [2.75, 3.05) is 12.3 Å². The third-order valence-electron chi connectivity index (χ3n) is 4.17. The van der Waals surface area contributed by atoms with Crippen LogP contribution in [0.5, 0.6) is 0 Å². The molecule has 7 nitrogen and oxygen atoms in total. The third-order valence-corrected chi connectivity index (χ3v) is 4.17. The number of rotatable bonds is 6. The summed E-state index contributed by atoms with van der Waals surface area (Å²) < 4.78 is 45.0. The average Bonchev–Trinajstić information content (AvgIpc) is 3.00. The lowest BCUT2D eigenvalue weighted by Crippen LogP contribution is -2.22. The van der Waals surface area contributed by atoms with E-state index in [1.807, 2.05) is 0 Å². The molecule has 2 aromatic carbocycles. The van der Waals surface area contributed by atoms with Crippen LogP contribution in [0.1, 0.15) is 22.3 Å². The van der Waals surface area contributed by atoms with Gasteiger partial charge in [-0.1, -0.05) is 6.07 Å². The maximum Gasteiger partial charge on any atom is 0.416 e. The van der Waals surface area contributed by atoms with Crippen LogP contribution in [-0.4, -0.2) is 28.5 Å². The minimum Gasteiger partial charge on any atom is -0.468 e. The number of hydrogen-bond donors (Lipinski definition) is 2. The van der Waals surface area contributed by atoms with Gasteiger partial charge in [-0.25, -0.2) is 0 Å². The van der Waals surface area contributed by atoms with E-state index >= 15 is 0 Å². The number of nitrogens with two attached hydrogens (primary N) is 1. The number of carbonyl (C=O) groups is 2. The van der Waals surface area contributed by atoms with Crippen molar-refractivity contribution in [3.05, 3.63) is 59.2 Å². The highest BCUT2D eigenvalue weighted by Crippen LogP contribution is 2.29. The highest BCUT2D eigenvalue weighted by molar-refractivity contribution is 5.95. The molecule has 0 aliphatic carbocycles. The van der Waals surface area contributed by atoms with E-state index in [2.05, 4.69) is 14.7 Å². The maximum atomic E-state index is 12.9. The smallest absolute Gasteiger partial charge is 0.416 e. The highest BCUT2D eigenvalue weighted by atomic mass is 19.4. The molecule has 10 heteroatoms. The van der Waals surface area contributed by atoms with Gasteiger partial charge >= 0.3 is 6.18 Å². The number of carbonyl (C=O) groups excluding carboxylic acids is 2. The molecular formula is C19H17F3N4O3. The lowest BCUT2D eigenvalue weighted by Gasteiger charge is -2.07. The second-order valence-electron chi connectivity index (χ2n) is 6.19. The van der Waals surface area contributed by atoms with Gasteiger partial charge in [0.15, 0.2) is 0 Å². The monoisotopic (exact) mass is 406 g/mol. The molecule has 1 heterocycles. The van der Waals surface area contributed by atoms with Crippen molar-refractivity contribution in [3.8, 4) is 0 Å². The van der Waals surface area contributed by atoms with Gasteiger partial charge in [0.05, 0.1) is 23.2 Å². The number of alkyl halides is 3. The van der Waals surface area contributed by atoms with Gasteiger partial charge in [-0.3, -0.25) is 9.59 Å². The second kappa shape index (κ2) is 8.21. The molecule has 3 aromatic rings. The standard InChI is InChI=1S/C19H17F3N4O3/c20-19(21,22)13-4-1-3-12(9-13)17(28)25-18-24-15-10-14(23)5-6-16(15)26(18)7-2-8-29-11-27/h1,3-6,9-11H,2,7-8,23H2,(H,24,25,28). The number of amides is 1. The number of hydrogen-bond acceptors (Lipinski definition) is 4. The van der Waals surface area contributed by atoms with Crippen LogP contribution in [-0.2, 0) is 22.3 Å². The minimum absolute atomic E-state index is 0.152. The number of nitrogens with one attached hydrogen (secondary N) is 1. The molecule has 0 radical (unpaired) electrons. The molecule has 0 saturated carbocycles. The number of anilines is 1. The predicted octanol–water partition coefficient (Wildman–Crippen LogP) is 2.87. The van der Waals surface area contributed by atoms with Gasteiger partial charge in [-0.2, -0.15) is 18.2 Å². The van der Waals surface area contributed by atoms with Gasteiger partial charge in [0, 0.05) is 17.8 Å². The highest BCUT2D eigenvalue weighted by Gasteiger charge is 2.30. The van der Waals surface area contributed by atoms with Crippen LogP contribution in [0.2, 0.25) is 0 Å². The Morgan fingerprint density at radius 3 is 2.76 bits per heavy atom. The van der Waals surface area contributed by atoms with Crippen molar-refractivity contribution < 1.29 is 27.5 Å². The first-order valence-corrected chi connectivity index (χ1v) is 8.59. The molecule has 3 rings (SSSR count). The van der Waals surface area contributed by atoms with E-state index in [9.17, 15) is 22.8 Å². The first-order valence-electron chi connectivity index (χ1n) is 8.59. The van der Waals surface area contributed by atoms with E-state index in [1.54, 1.807) is 22.8 Å². The molecule has 0 bridgehead atoms. The molecule has 0 aliphatic heterocycles. The zero-order chi connectivity index (χ0) is 21.0. The van der Waals surface area contributed by atoms with Crippen LogP contribution >= 0.6 is 0 Å². The van der Waals surface area contributed by atoms with Crippen molar-refractivity contribution in [1.29, 1.82) is 0 Å². The minimum atomic E-state index is -4.56. The van der Waals surface area contributed by atoms with Crippen LogP contribution in [0.3, 0.4) is 0 Å².